The lowest BCUT2D eigenvalue weighted by Crippen LogP contribution is -2.43. The number of benzene rings is 1. The lowest BCUT2D eigenvalue weighted by molar-refractivity contribution is -0.131. The Morgan fingerprint density at radius 1 is 1.36 bits per heavy atom. The van der Waals surface area contributed by atoms with Crippen LogP contribution in [0.3, 0.4) is 0 Å². The van der Waals surface area contributed by atoms with Crippen molar-refractivity contribution in [3.63, 3.8) is 0 Å². The van der Waals surface area contributed by atoms with Gasteiger partial charge in [0, 0.05) is 26.2 Å². The Balaban J connectivity index is 1.45. The molecule has 1 aromatic heterocycles. The maximum Gasteiger partial charge on any atom is 0.230 e. The van der Waals surface area contributed by atoms with E-state index in [1.807, 2.05) is 31.4 Å². The molecule has 0 atom stereocenters. The number of anilines is 1. The van der Waals surface area contributed by atoms with E-state index in [4.69, 9.17) is 4.74 Å². The van der Waals surface area contributed by atoms with Crippen LogP contribution in [0.15, 0.2) is 42.7 Å². The second-order valence-electron chi connectivity index (χ2n) is 5.86. The molecule has 5 nitrogen and oxygen atoms in total. The molecule has 5 heteroatoms. The van der Waals surface area contributed by atoms with E-state index in [9.17, 15) is 4.79 Å². The first-order valence-corrected chi connectivity index (χ1v) is 7.55. The molecule has 1 fully saturated rings. The van der Waals surface area contributed by atoms with Gasteiger partial charge in [0.2, 0.25) is 5.91 Å². The zero-order chi connectivity index (χ0) is 15.5. The summed E-state index contributed by atoms with van der Waals surface area (Å²) in [6.45, 7) is 0.616. The van der Waals surface area contributed by atoms with Crippen LogP contribution >= 0.6 is 0 Å². The van der Waals surface area contributed by atoms with Crippen LogP contribution in [0.2, 0.25) is 0 Å². The summed E-state index contributed by atoms with van der Waals surface area (Å²) in [7, 11) is 3.65. The van der Waals surface area contributed by atoms with Crippen LogP contribution in [0.5, 0.6) is 0 Å². The van der Waals surface area contributed by atoms with Gasteiger partial charge in [0.05, 0.1) is 24.6 Å². The molecule has 0 N–H and O–H groups in total. The second-order valence-corrected chi connectivity index (χ2v) is 5.86. The Kier molecular flexibility index (Phi) is 4.24. The monoisotopic (exact) mass is 299 g/mol. The van der Waals surface area contributed by atoms with E-state index in [-0.39, 0.29) is 17.9 Å². The summed E-state index contributed by atoms with van der Waals surface area (Å²) >= 11 is 0. The minimum Gasteiger partial charge on any atom is -0.373 e. The van der Waals surface area contributed by atoms with Crippen molar-refractivity contribution in [2.75, 3.05) is 11.9 Å². The molecule has 22 heavy (non-hydrogen) atoms. The standard InChI is InChI=1S/C17H21N3O2/c1-19-11-15(10-18-19)20(2)17(21)14-8-16(9-14)22-12-13-6-4-3-5-7-13/h3-7,10-11,14,16H,8-9,12H2,1-2H3. The van der Waals surface area contributed by atoms with Gasteiger partial charge in [-0.1, -0.05) is 30.3 Å². The van der Waals surface area contributed by atoms with Crippen molar-refractivity contribution in [2.45, 2.75) is 25.6 Å². The Bertz CT molecular complexity index is 632. The molecule has 116 valence electrons. The van der Waals surface area contributed by atoms with Crippen LogP contribution in [0.1, 0.15) is 18.4 Å². The molecule has 1 saturated carbocycles. The molecule has 0 bridgehead atoms. The molecule has 3 rings (SSSR count). The molecule has 1 aromatic carbocycles. The van der Waals surface area contributed by atoms with Crippen molar-refractivity contribution in [2.24, 2.45) is 13.0 Å². The van der Waals surface area contributed by atoms with Crippen molar-refractivity contribution in [3.8, 4) is 0 Å². The Hall–Kier alpha value is -2.14. The molecule has 0 saturated heterocycles. The molecule has 1 aliphatic carbocycles. The molecule has 0 unspecified atom stereocenters. The Morgan fingerprint density at radius 2 is 2.09 bits per heavy atom. The highest BCUT2D eigenvalue weighted by molar-refractivity contribution is 5.94. The van der Waals surface area contributed by atoms with Gasteiger partial charge in [0.25, 0.3) is 0 Å². The van der Waals surface area contributed by atoms with Gasteiger partial charge in [0.15, 0.2) is 0 Å². The van der Waals surface area contributed by atoms with E-state index >= 15 is 0 Å². The third kappa shape index (κ3) is 3.20. The molecular weight excluding hydrogens is 278 g/mol. The minimum atomic E-state index is 0.0611. The van der Waals surface area contributed by atoms with Crippen molar-refractivity contribution < 1.29 is 9.53 Å². The maximum absolute atomic E-state index is 12.4. The predicted octanol–water partition coefficient (Wildman–Crippen LogP) is 2.38. The lowest BCUT2D eigenvalue weighted by atomic mass is 9.81. The average molecular weight is 299 g/mol. The van der Waals surface area contributed by atoms with Gasteiger partial charge >= 0.3 is 0 Å². The number of rotatable bonds is 5. The summed E-state index contributed by atoms with van der Waals surface area (Å²) in [5, 5.41) is 4.10. The van der Waals surface area contributed by atoms with Gasteiger partial charge in [-0.3, -0.25) is 9.48 Å². The first-order chi connectivity index (χ1) is 10.6. The average Bonchev–Trinajstić information content (AvgIpc) is 2.92. The van der Waals surface area contributed by atoms with Crippen LogP contribution in [0.4, 0.5) is 5.69 Å². The van der Waals surface area contributed by atoms with Crippen molar-refractivity contribution in [1.29, 1.82) is 0 Å². The van der Waals surface area contributed by atoms with Gasteiger partial charge in [0.1, 0.15) is 0 Å². The Morgan fingerprint density at radius 3 is 2.73 bits per heavy atom. The minimum absolute atomic E-state index is 0.0611. The lowest BCUT2D eigenvalue weighted by Gasteiger charge is -2.36. The summed E-state index contributed by atoms with van der Waals surface area (Å²) in [6, 6.07) is 10.1. The van der Waals surface area contributed by atoms with Crippen LogP contribution in [0, 0.1) is 5.92 Å². The van der Waals surface area contributed by atoms with Crippen LogP contribution in [-0.4, -0.2) is 28.8 Å². The SMILES string of the molecule is CN(C(=O)C1CC(OCc2ccccc2)C1)c1cnn(C)c1. The van der Waals surface area contributed by atoms with Crippen molar-refractivity contribution in [1.82, 2.24) is 9.78 Å². The maximum atomic E-state index is 12.4. The number of hydrogen-bond acceptors (Lipinski definition) is 3. The first kappa shape index (κ1) is 14.8. The van der Waals surface area contributed by atoms with Gasteiger partial charge < -0.3 is 9.64 Å². The van der Waals surface area contributed by atoms with Crippen LogP contribution in [-0.2, 0) is 23.2 Å². The van der Waals surface area contributed by atoms with E-state index in [1.165, 1.54) is 5.56 Å². The van der Waals surface area contributed by atoms with Crippen LogP contribution < -0.4 is 4.90 Å². The molecule has 2 aromatic rings. The highest BCUT2D eigenvalue weighted by Crippen LogP contribution is 2.33. The number of ether oxygens (including phenoxy) is 1. The number of amides is 1. The Labute approximate surface area is 130 Å². The van der Waals surface area contributed by atoms with Gasteiger partial charge in [-0.2, -0.15) is 5.10 Å². The number of carbonyl (C=O) groups is 1. The molecular formula is C17H21N3O2. The molecule has 1 heterocycles. The highest BCUT2D eigenvalue weighted by atomic mass is 16.5. The highest BCUT2D eigenvalue weighted by Gasteiger charge is 2.37. The zero-order valence-corrected chi connectivity index (χ0v) is 13.0. The fraction of sp³-hybridized carbons (Fsp3) is 0.412. The van der Waals surface area contributed by atoms with Crippen LogP contribution in [0.25, 0.3) is 0 Å². The van der Waals surface area contributed by atoms with Gasteiger partial charge in [-0.05, 0) is 18.4 Å². The molecule has 0 spiro atoms. The molecule has 0 radical (unpaired) electrons. The van der Waals surface area contributed by atoms with Gasteiger partial charge in [-0.15, -0.1) is 0 Å². The van der Waals surface area contributed by atoms with E-state index in [1.54, 1.807) is 22.8 Å². The topological polar surface area (TPSA) is 47.4 Å². The first-order valence-electron chi connectivity index (χ1n) is 7.55. The number of nitrogens with zero attached hydrogens (tertiary/aromatic N) is 3. The number of aryl methyl sites for hydroxylation is 1. The second kappa shape index (κ2) is 6.32. The van der Waals surface area contributed by atoms with E-state index in [0.717, 1.165) is 18.5 Å². The van der Waals surface area contributed by atoms with E-state index in [0.29, 0.717) is 6.61 Å². The van der Waals surface area contributed by atoms with Crippen molar-refractivity contribution in [3.05, 3.63) is 48.3 Å². The van der Waals surface area contributed by atoms with Crippen molar-refractivity contribution >= 4 is 11.6 Å². The predicted molar refractivity (Wildman–Crippen MR) is 84.4 cm³/mol. The van der Waals surface area contributed by atoms with E-state index < -0.39 is 0 Å². The largest absolute Gasteiger partial charge is 0.373 e. The van der Waals surface area contributed by atoms with E-state index in [2.05, 4.69) is 17.2 Å². The number of aromatic nitrogens is 2. The smallest absolute Gasteiger partial charge is 0.230 e. The third-order valence-electron chi connectivity index (χ3n) is 4.18. The number of carbonyl (C=O) groups excluding carboxylic acids is 1. The third-order valence-corrected chi connectivity index (χ3v) is 4.18. The zero-order valence-electron chi connectivity index (χ0n) is 13.0. The summed E-state index contributed by atoms with van der Waals surface area (Å²) < 4.78 is 7.55. The van der Waals surface area contributed by atoms with Gasteiger partial charge in [-0.25, -0.2) is 0 Å². The molecule has 1 aliphatic rings. The summed E-state index contributed by atoms with van der Waals surface area (Å²) in [5.74, 6) is 0.207. The normalized spacial score (nSPS) is 20.5. The molecule has 0 aliphatic heterocycles. The molecule has 1 amide bonds. The summed E-state index contributed by atoms with van der Waals surface area (Å²) in [6.07, 6.45) is 5.35. The summed E-state index contributed by atoms with van der Waals surface area (Å²) in [5.41, 5.74) is 2.01. The fourth-order valence-electron chi connectivity index (χ4n) is 2.67. The fourth-order valence-corrected chi connectivity index (χ4v) is 2.67. The number of hydrogen-bond donors (Lipinski definition) is 0. The summed E-state index contributed by atoms with van der Waals surface area (Å²) in [4.78, 5) is 14.1. The quantitative estimate of drug-likeness (QED) is 0.851.